The number of nitrogens with zero attached hydrogens (tertiary/aromatic N) is 5. The molecule has 0 aliphatic rings. The maximum Gasteiger partial charge on any atom is 0.194 e. The first kappa shape index (κ1) is 21.3. The lowest BCUT2D eigenvalue weighted by atomic mass is 10.2. The largest absolute Gasteiger partial charge is 0.494 e. The van der Waals surface area contributed by atoms with Gasteiger partial charge in [-0.3, -0.25) is 0 Å². The van der Waals surface area contributed by atoms with Crippen LogP contribution in [0.1, 0.15) is 22.8 Å². The number of methoxy groups -OCH3 is 1. The Kier molecular flexibility index (Phi) is 7.00. The first-order valence-corrected chi connectivity index (χ1v) is 9.68. The highest BCUT2D eigenvalue weighted by Gasteiger charge is 2.12. The van der Waals surface area contributed by atoms with Crippen LogP contribution < -0.4 is 10.1 Å². The van der Waals surface area contributed by atoms with Crippen molar-refractivity contribution in [3.8, 4) is 5.75 Å². The van der Waals surface area contributed by atoms with E-state index in [1.54, 1.807) is 6.07 Å². The van der Waals surface area contributed by atoms with Crippen LogP contribution in [0, 0.1) is 12.7 Å². The number of benzene rings is 2. The van der Waals surface area contributed by atoms with Crippen molar-refractivity contribution in [2.45, 2.75) is 26.6 Å². The lowest BCUT2D eigenvalue weighted by Crippen LogP contribution is -2.38. The lowest BCUT2D eigenvalue weighted by Gasteiger charge is -2.23. The molecule has 8 heteroatoms. The number of hydrogen-bond acceptors (Lipinski definition) is 4. The maximum atomic E-state index is 14.1. The van der Waals surface area contributed by atoms with Crippen LogP contribution in [-0.2, 0) is 26.7 Å². The molecule has 0 amide bonds. The average molecular weight is 410 g/mol. The van der Waals surface area contributed by atoms with Crippen molar-refractivity contribution < 1.29 is 9.13 Å². The molecule has 3 aromatic rings. The molecule has 3 rings (SSSR count). The van der Waals surface area contributed by atoms with Crippen LogP contribution >= 0.6 is 0 Å². The maximum absolute atomic E-state index is 14.1. The Morgan fingerprint density at radius 3 is 2.57 bits per heavy atom. The van der Waals surface area contributed by atoms with Crippen LogP contribution in [0.5, 0.6) is 5.75 Å². The zero-order valence-electron chi connectivity index (χ0n) is 17.8. The summed E-state index contributed by atoms with van der Waals surface area (Å²) in [5.41, 5.74) is 1.93. The average Bonchev–Trinajstić information content (AvgIpc) is 3.07. The minimum absolute atomic E-state index is 0.232. The number of aryl methyl sites for hydroxylation is 1. The highest BCUT2D eigenvalue weighted by Crippen LogP contribution is 2.18. The molecular weight excluding hydrogens is 383 g/mol. The lowest BCUT2D eigenvalue weighted by molar-refractivity contribution is 0.385. The van der Waals surface area contributed by atoms with Crippen molar-refractivity contribution in [2.24, 2.45) is 12.0 Å². The summed E-state index contributed by atoms with van der Waals surface area (Å²) >= 11 is 0. The summed E-state index contributed by atoms with van der Waals surface area (Å²) in [6.07, 6.45) is 0. The summed E-state index contributed by atoms with van der Waals surface area (Å²) in [7, 11) is 5.30. The molecular formula is C22H27FN6O. The molecule has 158 valence electrons. The van der Waals surface area contributed by atoms with Gasteiger partial charge < -0.3 is 19.5 Å². The van der Waals surface area contributed by atoms with Gasteiger partial charge >= 0.3 is 0 Å². The van der Waals surface area contributed by atoms with Crippen molar-refractivity contribution >= 4 is 5.96 Å². The molecule has 0 saturated heterocycles. The van der Waals surface area contributed by atoms with Crippen molar-refractivity contribution in [1.29, 1.82) is 0 Å². The van der Waals surface area contributed by atoms with Crippen molar-refractivity contribution in [3.05, 3.63) is 77.1 Å². The smallest absolute Gasteiger partial charge is 0.194 e. The summed E-state index contributed by atoms with van der Waals surface area (Å²) in [6, 6.07) is 15.0. The van der Waals surface area contributed by atoms with Crippen LogP contribution in [0.25, 0.3) is 0 Å². The number of halogens is 1. The fourth-order valence-electron chi connectivity index (χ4n) is 2.98. The quantitative estimate of drug-likeness (QED) is 0.479. The van der Waals surface area contributed by atoms with Gasteiger partial charge in [0.2, 0.25) is 0 Å². The van der Waals surface area contributed by atoms with Gasteiger partial charge in [0, 0.05) is 20.6 Å². The number of rotatable bonds is 7. The molecule has 0 bridgehead atoms. The molecule has 0 fully saturated rings. The highest BCUT2D eigenvalue weighted by atomic mass is 19.1. The standard InChI is InChI=1S/C22H27FN6O/c1-16-26-27-21(29(16)3)14-25-22(24-13-17-8-6-5-7-9-17)28(2)15-18-10-11-20(30-4)19(23)12-18/h5-12H,13-15H2,1-4H3,(H,24,25). The molecule has 0 aliphatic carbocycles. The Balaban J connectivity index is 1.76. The van der Waals surface area contributed by atoms with Gasteiger partial charge in [-0.05, 0) is 30.2 Å². The summed E-state index contributed by atoms with van der Waals surface area (Å²) in [5, 5.41) is 11.6. The van der Waals surface area contributed by atoms with Crippen molar-refractivity contribution in [1.82, 2.24) is 25.0 Å². The molecule has 30 heavy (non-hydrogen) atoms. The SMILES string of the molecule is COc1ccc(CN(C)C(=NCc2ccccc2)NCc2nnc(C)n2C)cc1F. The normalized spacial score (nSPS) is 11.4. The fraction of sp³-hybridized carbons (Fsp3) is 0.318. The molecule has 0 saturated carbocycles. The Morgan fingerprint density at radius 2 is 1.93 bits per heavy atom. The summed E-state index contributed by atoms with van der Waals surface area (Å²) in [6.45, 7) is 3.40. The van der Waals surface area contributed by atoms with E-state index in [0.717, 1.165) is 22.8 Å². The Labute approximate surface area is 176 Å². The molecule has 1 heterocycles. The number of nitrogens with one attached hydrogen (secondary N) is 1. The van der Waals surface area contributed by atoms with Gasteiger partial charge in [0.1, 0.15) is 5.82 Å². The van der Waals surface area contributed by atoms with Crippen LogP contribution in [0.4, 0.5) is 4.39 Å². The molecule has 7 nitrogen and oxygen atoms in total. The van der Waals surface area contributed by atoms with E-state index in [1.165, 1.54) is 13.2 Å². The number of aliphatic imine (C=N–C) groups is 1. The van der Waals surface area contributed by atoms with E-state index in [9.17, 15) is 4.39 Å². The highest BCUT2D eigenvalue weighted by molar-refractivity contribution is 5.79. The van der Waals surface area contributed by atoms with Gasteiger partial charge in [0.15, 0.2) is 23.4 Å². The second-order valence-electron chi connectivity index (χ2n) is 7.03. The Hall–Kier alpha value is -3.42. The predicted molar refractivity (Wildman–Crippen MR) is 115 cm³/mol. The molecule has 1 N–H and O–H groups in total. The Morgan fingerprint density at radius 1 is 1.17 bits per heavy atom. The van der Waals surface area contributed by atoms with Crippen molar-refractivity contribution in [3.63, 3.8) is 0 Å². The van der Waals surface area contributed by atoms with Crippen molar-refractivity contribution in [2.75, 3.05) is 14.2 Å². The topological polar surface area (TPSA) is 67.6 Å². The molecule has 0 atom stereocenters. The van der Waals surface area contributed by atoms with E-state index < -0.39 is 0 Å². The zero-order chi connectivity index (χ0) is 21.5. The van der Waals surface area contributed by atoms with E-state index in [2.05, 4.69) is 15.5 Å². The molecule has 1 aromatic heterocycles. The third-order valence-corrected chi connectivity index (χ3v) is 4.84. The van der Waals surface area contributed by atoms with Crippen LogP contribution in [0.15, 0.2) is 53.5 Å². The summed E-state index contributed by atoms with van der Waals surface area (Å²) in [4.78, 5) is 6.71. The molecule has 2 aromatic carbocycles. The zero-order valence-corrected chi connectivity index (χ0v) is 17.8. The first-order valence-electron chi connectivity index (χ1n) is 9.68. The molecule has 0 spiro atoms. The van der Waals surface area contributed by atoms with Gasteiger partial charge in [-0.15, -0.1) is 10.2 Å². The third-order valence-electron chi connectivity index (χ3n) is 4.84. The van der Waals surface area contributed by atoms with Gasteiger partial charge in [-0.25, -0.2) is 9.38 Å². The molecule has 0 unspecified atom stereocenters. The van der Waals surface area contributed by atoms with Gasteiger partial charge in [-0.2, -0.15) is 0 Å². The van der Waals surface area contributed by atoms with E-state index in [0.29, 0.717) is 25.6 Å². The Bertz CT molecular complexity index is 1000. The van der Waals surface area contributed by atoms with Gasteiger partial charge in [0.25, 0.3) is 0 Å². The molecule has 0 aliphatic heterocycles. The van der Waals surface area contributed by atoms with E-state index >= 15 is 0 Å². The van der Waals surface area contributed by atoms with Gasteiger partial charge in [-0.1, -0.05) is 36.4 Å². The second kappa shape index (κ2) is 9.87. The van der Waals surface area contributed by atoms with E-state index in [-0.39, 0.29) is 11.6 Å². The minimum atomic E-state index is -0.381. The third kappa shape index (κ3) is 5.34. The minimum Gasteiger partial charge on any atom is -0.494 e. The number of hydrogen-bond donors (Lipinski definition) is 1. The summed E-state index contributed by atoms with van der Waals surface area (Å²) in [5.74, 6) is 2.19. The first-order chi connectivity index (χ1) is 14.5. The molecule has 0 radical (unpaired) electrons. The number of aromatic nitrogens is 3. The van der Waals surface area contributed by atoms with E-state index in [4.69, 9.17) is 9.73 Å². The summed E-state index contributed by atoms with van der Waals surface area (Å²) < 4.78 is 21.0. The van der Waals surface area contributed by atoms with Crippen LogP contribution in [0.2, 0.25) is 0 Å². The van der Waals surface area contributed by atoms with Gasteiger partial charge in [0.05, 0.1) is 20.2 Å². The van der Waals surface area contributed by atoms with Crippen LogP contribution in [-0.4, -0.2) is 39.8 Å². The predicted octanol–water partition coefficient (Wildman–Crippen LogP) is 3.05. The van der Waals surface area contributed by atoms with E-state index in [1.807, 2.05) is 66.9 Å². The fourth-order valence-corrected chi connectivity index (χ4v) is 2.98. The monoisotopic (exact) mass is 410 g/mol. The second-order valence-corrected chi connectivity index (χ2v) is 7.03. The van der Waals surface area contributed by atoms with Crippen LogP contribution in [0.3, 0.4) is 0 Å². The number of guanidine groups is 1. The number of ether oxygens (including phenoxy) is 1.